The standard InChI is InChI=1S/C27H43NO4/c1-17-5-4-14-28(16-17)25(31)32-19-10-12-26(2)18(15-19)6-7-20-21-8-9-23(24(29)30)27(21,3)13-11-22(20)26/h17-23H,4-16H2,1-3H3,(H,29,30)/t17?,18?,19?,20-,21-,22+,23?,26-,27-/m0/s1. The Labute approximate surface area is 193 Å². The minimum atomic E-state index is -0.571. The van der Waals surface area contributed by atoms with Crippen molar-refractivity contribution < 1.29 is 19.4 Å². The van der Waals surface area contributed by atoms with Crippen LogP contribution in [-0.2, 0) is 9.53 Å². The summed E-state index contributed by atoms with van der Waals surface area (Å²) in [6, 6.07) is 0. The molecule has 5 fully saturated rings. The monoisotopic (exact) mass is 445 g/mol. The molecule has 5 rings (SSSR count). The molecule has 180 valence electrons. The van der Waals surface area contributed by atoms with Gasteiger partial charge in [-0.2, -0.15) is 0 Å². The largest absolute Gasteiger partial charge is 0.481 e. The molecule has 1 aliphatic heterocycles. The van der Waals surface area contributed by atoms with Crippen molar-refractivity contribution in [2.75, 3.05) is 13.1 Å². The first kappa shape index (κ1) is 22.5. The van der Waals surface area contributed by atoms with Gasteiger partial charge in [-0.05, 0) is 111 Å². The Morgan fingerprint density at radius 3 is 2.44 bits per heavy atom. The van der Waals surface area contributed by atoms with Crippen LogP contribution >= 0.6 is 0 Å². The second kappa shape index (κ2) is 8.20. The molecule has 1 heterocycles. The highest BCUT2D eigenvalue weighted by Gasteiger charge is 2.61. The average Bonchev–Trinajstić information content (AvgIpc) is 3.11. The molecule has 1 saturated heterocycles. The number of ether oxygens (including phenoxy) is 1. The van der Waals surface area contributed by atoms with E-state index >= 15 is 0 Å². The molecule has 4 aliphatic carbocycles. The molecule has 0 radical (unpaired) electrons. The van der Waals surface area contributed by atoms with E-state index in [0.29, 0.717) is 35.0 Å². The molecule has 0 aromatic rings. The molecule has 5 heteroatoms. The van der Waals surface area contributed by atoms with Gasteiger partial charge in [0.15, 0.2) is 0 Å². The van der Waals surface area contributed by atoms with E-state index in [0.717, 1.165) is 58.0 Å². The number of rotatable bonds is 2. The number of fused-ring (bicyclic) bond motifs is 5. The van der Waals surface area contributed by atoms with Crippen LogP contribution in [0.4, 0.5) is 4.79 Å². The van der Waals surface area contributed by atoms with E-state index < -0.39 is 5.97 Å². The molecule has 32 heavy (non-hydrogen) atoms. The van der Waals surface area contributed by atoms with Crippen LogP contribution in [0, 0.1) is 46.3 Å². The van der Waals surface area contributed by atoms with Crippen molar-refractivity contribution >= 4 is 12.1 Å². The van der Waals surface area contributed by atoms with Crippen LogP contribution in [0.25, 0.3) is 0 Å². The second-order valence-electron chi connectivity index (χ2n) is 12.6. The van der Waals surface area contributed by atoms with E-state index in [-0.39, 0.29) is 23.5 Å². The van der Waals surface area contributed by atoms with E-state index in [9.17, 15) is 14.7 Å². The molecule has 1 amide bonds. The number of hydrogen-bond donors (Lipinski definition) is 1. The molecule has 1 N–H and O–H groups in total. The highest BCUT2D eigenvalue weighted by molar-refractivity contribution is 5.71. The maximum absolute atomic E-state index is 12.8. The zero-order valence-electron chi connectivity index (χ0n) is 20.4. The number of nitrogens with zero attached hydrogens (tertiary/aromatic N) is 1. The highest BCUT2D eigenvalue weighted by atomic mass is 16.6. The van der Waals surface area contributed by atoms with Gasteiger partial charge in [-0.3, -0.25) is 4.79 Å². The zero-order chi connectivity index (χ0) is 22.7. The Kier molecular flexibility index (Phi) is 5.77. The maximum atomic E-state index is 12.8. The smallest absolute Gasteiger partial charge is 0.410 e. The molecule has 0 bridgehead atoms. The summed E-state index contributed by atoms with van der Waals surface area (Å²) in [6.45, 7) is 8.71. The Balaban J connectivity index is 1.24. The Bertz CT molecular complexity index is 754. The summed E-state index contributed by atoms with van der Waals surface area (Å²) in [5.74, 6) is 2.48. The first-order valence-electron chi connectivity index (χ1n) is 13.4. The van der Waals surface area contributed by atoms with Gasteiger partial charge in [0, 0.05) is 13.1 Å². The number of carbonyl (C=O) groups excluding carboxylic acids is 1. The lowest BCUT2D eigenvalue weighted by molar-refractivity contribution is -0.154. The van der Waals surface area contributed by atoms with Gasteiger partial charge in [-0.1, -0.05) is 20.8 Å². The quantitative estimate of drug-likeness (QED) is 0.569. The Morgan fingerprint density at radius 2 is 1.69 bits per heavy atom. The Hall–Kier alpha value is -1.26. The number of amides is 1. The van der Waals surface area contributed by atoms with Crippen LogP contribution in [-0.4, -0.2) is 41.3 Å². The summed E-state index contributed by atoms with van der Waals surface area (Å²) >= 11 is 0. The van der Waals surface area contributed by atoms with E-state index in [4.69, 9.17) is 4.74 Å². The molecule has 9 atom stereocenters. The van der Waals surface area contributed by atoms with Crippen molar-refractivity contribution in [2.24, 2.45) is 46.3 Å². The fourth-order valence-corrected chi connectivity index (χ4v) is 9.30. The van der Waals surface area contributed by atoms with Crippen molar-refractivity contribution in [2.45, 2.75) is 97.5 Å². The van der Waals surface area contributed by atoms with Gasteiger partial charge >= 0.3 is 12.1 Å². The minimum Gasteiger partial charge on any atom is -0.481 e. The van der Waals surface area contributed by atoms with E-state index in [1.807, 2.05) is 4.90 Å². The molecule has 0 aromatic heterocycles. The number of piperidine rings is 1. The zero-order valence-corrected chi connectivity index (χ0v) is 20.4. The molecular weight excluding hydrogens is 402 g/mol. The van der Waals surface area contributed by atoms with Crippen molar-refractivity contribution in [3.63, 3.8) is 0 Å². The molecule has 5 nitrogen and oxygen atoms in total. The van der Waals surface area contributed by atoms with Crippen molar-refractivity contribution in [3.05, 3.63) is 0 Å². The molecule has 0 aromatic carbocycles. The predicted octanol–water partition coefficient (Wildman–Crippen LogP) is 5.97. The third kappa shape index (κ3) is 3.57. The lowest BCUT2D eigenvalue weighted by atomic mass is 9.44. The van der Waals surface area contributed by atoms with E-state index in [1.54, 1.807) is 0 Å². The summed E-state index contributed by atoms with van der Waals surface area (Å²) < 4.78 is 6.06. The van der Waals surface area contributed by atoms with Gasteiger partial charge in [-0.15, -0.1) is 0 Å². The third-order valence-electron chi connectivity index (χ3n) is 11.1. The average molecular weight is 446 g/mol. The normalized spacial score (nSPS) is 48.3. The minimum absolute atomic E-state index is 0.00545. The summed E-state index contributed by atoms with van der Waals surface area (Å²) in [5.41, 5.74) is 0.322. The summed E-state index contributed by atoms with van der Waals surface area (Å²) in [6.07, 6.45) is 12.1. The SMILES string of the molecule is CC1CCCN(C(=O)OC2CC[C@@]3(C)C(CC[C@@H]4[C@H]3CC[C@]3(C)C(C(=O)O)CC[C@@H]43)C2)C1. The van der Waals surface area contributed by atoms with Gasteiger partial charge in [0.2, 0.25) is 0 Å². The fraction of sp³-hybridized carbons (Fsp3) is 0.926. The summed E-state index contributed by atoms with van der Waals surface area (Å²) in [4.78, 5) is 26.6. The van der Waals surface area contributed by atoms with Crippen LogP contribution in [0.1, 0.15) is 91.4 Å². The van der Waals surface area contributed by atoms with Gasteiger partial charge in [0.1, 0.15) is 6.10 Å². The number of carboxylic acid groups (broad SMARTS) is 1. The lowest BCUT2D eigenvalue weighted by Gasteiger charge is -2.60. The van der Waals surface area contributed by atoms with Crippen LogP contribution in [0.15, 0.2) is 0 Å². The van der Waals surface area contributed by atoms with Crippen molar-refractivity contribution in [1.82, 2.24) is 4.90 Å². The topological polar surface area (TPSA) is 66.8 Å². The maximum Gasteiger partial charge on any atom is 0.410 e. The second-order valence-corrected chi connectivity index (χ2v) is 12.6. The first-order chi connectivity index (χ1) is 15.2. The third-order valence-corrected chi connectivity index (χ3v) is 11.1. The predicted molar refractivity (Wildman–Crippen MR) is 123 cm³/mol. The Morgan fingerprint density at radius 1 is 0.938 bits per heavy atom. The van der Waals surface area contributed by atoms with Crippen LogP contribution in [0.5, 0.6) is 0 Å². The number of hydrogen-bond acceptors (Lipinski definition) is 3. The molecule has 4 saturated carbocycles. The molecule has 5 aliphatic rings. The van der Waals surface area contributed by atoms with Crippen molar-refractivity contribution in [1.29, 1.82) is 0 Å². The van der Waals surface area contributed by atoms with E-state index in [2.05, 4.69) is 20.8 Å². The van der Waals surface area contributed by atoms with Crippen LogP contribution in [0.3, 0.4) is 0 Å². The highest BCUT2D eigenvalue weighted by Crippen LogP contribution is 2.67. The fourth-order valence-electron chi connectivity index (χ4n) is 9.30. The van der Waals surface area contributed by atoms with Crippen molar-refractivity contribution in [3.8, 4) is 0 Å². The number of carboxylic acids is 1. The first-order valence-corrected chi connectivity index (χ1v) is 13.4. The number of aliphatic carboxylic acids is 1. The number of likely N-dealkylation sites (tertiary alicyclic amines) is 1. The van der Waals surface area contributed by atoms with Gasteiger partial charge < -0.3 is 14.7 Å². The molecule has 0 spiro atoms. The van der Waals surface area contributed by atoms with Crippen LogP contribution < -0.4 is 0 Å². The molecule has 4 unspecified atom stereocenters. The summed E-state index contributed by atoms with van der Waals surface area (Å²) in [5, 5.41) is 9.82. The molecular formula is C27H43NO4. The lowest BCUT2D eigenvalue weighted by Crippen LogP contribution is -2.54. The van der Waals surface area contributed by atoms with Gasteiger partial charge in [-0.25, -0.2) is 4.79 Å². The number of carbonyl (C=O) groups is 2. The van der Waals surface area contributed by atoms with Crippen LogP contribution in [0.2, 0.25) is 0 Å². The summed E-state index contributed by atoms with van der Waals surface area (Å²) in [7, 11) is 0. The van der Waals surface area contributed by atoms with E-state index in [1.165, 1.54) is 25.7 Å². The van der Waals surface area contributed by atoms with Gasteiger partial charge in [0.05, 0.1) is 5.92 Å². The van der Waals surface area contributed by atoms with Gasteiger partial charge in [0.25, 0.3) is 0 Å².